The van der Waals surface area contributed by atoms with E-state index < -0.39 is 5.91 Å². The number of piperidine rings is 1. The Hall–Kier alpha value is -1.50. The van der Waals surface area contributed by atoms with Gasteiger partial charge in [0, 0.05) is 35.8 Å². The Labute approximate surface area is 147 Å². The standard InChI is InChI=1S/C19H26FN3O2/c1-22-8-3-2-6-19(22)7-4-17(19)23-9-5-13-10-14(18(24)21-25)11-16(20)15(13)12-23/h10-11,17,25H,2-9,12H2,1H3,(H,21,24)/t17-,19+/m1/s1. The van der Waals surface area contributed by atoms with Gasteiger partial charge >= 0.3 is 0 Å². The maximum atomic E-state index is 14.6. The van der Waals surface area contributed by atoms with Crippen molar-refractivity contribution in [2.45, 2.75) is 56.7 Å². The molecule has 2 heterocycles. The van der Waals surface area contributed by atoms with Crippen LogP contribution in [0.4, 0.5) is 4.39 Å². The molecule has 1 aromatic rings. The highest BCUT2D eigenvalue weighted by Gasteiger charge is 2.52. The number of nitrogens with one attached hydrogen (secondary N) is 1. The molecule has 5 nitrogen and oxygen atoms in total. The second kappa shape index (κ2) is 6.34. The number of halogens is 1. The molecule has 0 unspecified atom stereocenters. The molecule has 25 heavy (non-hydrogen) atoms. The molecular formula is C19H26FN3O2. The van der Waals surface area contributed by atoms with Crippen molar-refractivity contribution < 1.29 is 14.4 Å². The van der Waals surface area contributed by atoms with E-state index in [0.29, 0.717) is 18.2 Å². The lowest BCUT2D eigenvalue weighted by Gasteiger charge is -2.61. The average molecular weight is 347 g/mol. The van der Waals surface area contributed by atoms with Gasteiger partial charge in [-0.25, -0.2) is 9.87 Å². The number of hydrogen-bond acceptors (Lipinski definition) is 4. The van der Waals surface area contributed by atoms with Crippen LogP contribution in [-0.4, -0.2) is 52.6 Å². The average Bonchev–Trinajstić information content (AvgIpc) is 2.61. The lowest BCUT2D eigenvalue weighted by atomic mass is 9.65. The third-order valence-electron chi connectivity index (χ3n) is 6.71. The van der Waals surface area contributed by atoms with Crippen molar-refractivity contribution in [2.24, 2.45) is 0 Å². The summed E-state index contributed by atoms with van der Waals surface area (Å²) in [6.07, 6.45) is 6.99. The van der Waals surface area contributed by atoms with Gasteiger partial charge in [-0.05, 0) is 63.4 Å². The molecule has 6 heteroatoms. The zero-order chi connectivity index (χ0) is 17.6. The van der Waals surface area contributed by atoms with E-state index in [4.69, 9.17) is 5.21 Å². The van der Waals surface area contributed by atoms with Crippen LogP contribution in [0.3, 0.4) is 0 Å². The number of likely N-dealkylation sites (N-methyl/N-ethyl adjacent to an activating group) is 1. The smallest absolute Gasteiger partial charge is 0.274 e. The first-order valence-electron chi connectivity index (χ1n) is 9.26. The van der Waals surface area contributed by atoms with Gasteiger partial charge in [0.2, 0.25) is 0 Å². The number of hydroxylamine groups is 1. The summed E-state index contributed by atoms with van der Waals surface area (Å²) in [7, 11) is 2.24. The highest BCUT2D eigenvalue weighted by atomic mass is 19.1. The third kappa shape index (κ3) is 2.67. The number of hydrogen-bond donors (Lipinski definition) is 2. The zero-order valence-electron chi connectivity index (χ0n) is 14.7. The number of carbonyl (C=O) groups excluding carboxylic acids is 1. The first-order chi connectivity index (χ1) is 12.0. The predicted octanol–water partition coefficient (Wildman–Crippen LogP) is 2.32. The van der Waals surface area contributed by atoms with E-state index in [2.05, 4.69) is 16.8 Å². The van der Waals surface area contributed by atoms with Crippen molar-refractivity contribution in [3.05, 3.63) is 34.6 Å². The molecule has 136 valence electrons. The molecule has 2 fully saturated rings. The predicted molar refractivity (Wildman–Crippen MR) is 92.0 cm³/mol. The summed E-state index contributed by atoms with van der Waals surface area (Å²) in [6, 6.07) is 3.45. The van der Waals surface area contributed by atoms with E-state index in [-0.39, 0.29) is 16.9 Å². The number of likely N-dealkylation sites (tertiary alicyclic amines) is 1. The van der Waals surface area contributed by atoms with E-state index >= 15 is 0 Å². The van der Waals surface area contributed by atoms with E-state index in [9.17, 15) is 9.18 Å². The van der Waals surface area contributed by atoms with Gasteiger partial charge < -0.3 is 0 Å². The van der Waals surface area contributed by atoms with Crippen molar-refractivity contribution in [1.82, 2.24) is 15.3 Å². The Bertz CT molecular complexity index is 695. The number of rotatable bonds is 2. The lowest BCUT2D eigenvalue weighted by molar-refractivity contribution is -0.0882. The van der Waals surface area contributed by atoms with Gasteiger partial charge in [-0.3, -0.25) is 19.8 Å². The molecule has 0 bridgehead atoms. The van der Waals surface area contributed by atoms with E-state index in [1.165, 1.54) is 38.2 Å². The maximum absolute atomic E-state index is 14.6. The molecule has 1 saturated heterocycles. The summed E-state index contributed by atoms with van der Waals surface area (Å²) in [4.78, 5) is 16.6. The quantitative estimate of drug-likeness (QED) is 0.637. The van der Waals surface area contributed by atoms with Gasteiger partial charge in [0.05, 0.1) is 0 Å². The normalized spacial score (nSPS) is 30.0. The van der Waals surface area contributed by atoms with E-state index in [1.54, 1.807) is 11.5 Å². The zero-order valence-corrected chi connectivity index (χ0v) is 14.7. The van der Waals surface area contributed by atoms with Gasteiger partial charge in [-0.2, -0.15) is 0 Å². The molecule has 1 aromatic carbocycles. The topological polar surface area (TPSA) is 55.8 Å². The number of nitrogens with zero attached hydrogens (tertiary/aromatic N) is 2. The highest BCUT2D eigenvalue weighted by molar-refractivity contribution is 5.93. The first kappa shape index (κ1) is 16.9. The Kier molecular flexibility index (Phi) is 4.30. The van der Waals surface area contributed by atoms with Crippen LogP contribution in [0.5, 0.6) is 0 Å². The molecular weight excluding hydrogens is 321 g/mol. The maximum Gasteiger partial charge on any atom is 0.274 e. The van der Waals surface area contributed by atoms with E-state index in [1.807, 2.05) is 0 Å². The minimum absolute atomic E-state index is 0.180. The number of fused-ring (bicyclic) bond motifs is 1. The summed E-state index contributed by atoms with van der Waals surface area (Å²) in [5.41, 5.74) is 3.64. The van der Waals surface area contributed by atoms with Crippen molar-refractivity contribution in [2.75, 3.05) is 20.1 Å². The van der Waals surface area contributed by atoms with Crippen LogP contribution in [-0.2, 0) is 13.0 Å². The Balaban J connectivity index is 1.56. The van der Waals surface area contributed by atoms with Crippen molar-refractivity contribution in [1.29, 1.82) is 0 Å². The minimum Gasteiger partial charge on any atom is -0.299 e. The fourth-order valence-electron chi connectivity index (χ4n) is 5.16. The Morgan fingerprint density at radius 2 is 2.16 bits per heavy atom. The van der Waals surface area contributed by atoms with Crippen LogP contribution in [0.2, 0.25) is 0 Å². The molecule has 3 aliphatic rings. The Morgan fingerprint density at radius 1 is 1.32 bits per heavy atom. The molecule has 1 amide bonds. The Morgan fingerprint density at radius 3 is 2.84 bits per heavy atom. The van der Waals surface area contributed by atoms with Crippen LogP contribution in [0.1, 0.15) is 53.6 Å². The van der Waals surface area contributed by atoms with Crippen molar-refractivity contribution in [3.63, 3.8) is 0 Å². The fourth-order valence-corrected chi connectivity index (χ4v) is 5.16. The first-order valence-corrected chi connectivity index (χ1v) is 9.26. The van der Waals surface area contributed by atoms with Crippen LogP contribution >= 0.6 is 0 Å². The molecule has 2 atom stereocenters. The lowest BCUT2D eigenvalue weighted by Crippen LogP contribution is -2.69. The van der Waals surface area contributed by atoms with Gasteiger partial charge in [0.1, 0.15) is 5.82 Å². The summed E-state index contributed by atoms with van der Waals surface area (Å²) in [5.74, 6) is -1.00. The summed E-state index contributed by atoms with van der Waals surface area (Å²) in [6.45, 7) is 2.67. The summed E-state index contributed by atoms with van der Waals surface area (Å²) in [5, 5.41) is 8.77. The highest BCUT2D eigenvalue weighted by Crippen LogP contribution is 2.47. The van der Waals surface area contributed by atoms with Crippen LogP contribution < -0.4 is 5.48 Å². The second-order valence-corrected chi connectivity index (χ2v) is 7.79. The SMILES string of the molecule is CN1CCCC[C@@]12CC[C@H]2N1CCc2cc(C(=O)NO)cc(F)c2C1. The monoisotopic (exact) mass is 347 g/mol. The summed E-state index contributed by atoms with van der Waals surface area (Å²) >= 11 is 0. The van der Waals surface area contributed by atoms with Gasteiger partial charge in [0.25, 0.3) is 5.91 Å². The van der Waals surface area contributed by atoms with Crippen molar-refractivity contribution in [3.8, 4) is 0 Å². The number of amides is 1. The van der Waals surface area contributed by atoms with Gasteiger partial charge in [0.15, 0.2) is 0 Å². The summed E-state index contributed by atoms with van der Waals surface area (Å²) < 4.78 is 14.6. The largest absolute Gasteiger partial charge is 0.299 e. The molecule has 1 saturated carbocycles. The molecule has 2 N–H and O–H groups in total. The van der Waals surface area contributed by atoms with Crippen molar-refractivity contribution >= 4 is 5.91 Å². The van der Waals surface area contributed by atoms with Crippen LogP contribution in [0, 0.1) is 5.82 Å². The molecule has 0 radical (unpaired) electrons. The van der Waals surface area contributed by atoms with E-state index in [0.717, 1.165) is 25.1 Å². The molecule has 1 aliphatic carbocycles. The second-order valence-electron chi connectivity index (χ2n) is 7.79. The molecule has 0 aromatic heterocycles. The van der Waals surface area contributed by atoms with Gasteiger partial charge in [-0.1, -0.05) is 6.42 Å². The third-order valence-corrected chi connectivity index (χ3v) is 6.71. The number of benzene rings is 1. The molecule has 4 rings (SSSR count). The fraction of sp³-hybridized carbons (Fsp3) is 0.632. The molecule has 1 spiro atoms. The molecule has 2 aliphatic heterocycles. The van der Waals surface area contributed by atoms with Crippen LogP contribution in [0.15, 0.2) is 12.1 Å². The number of carbonyl (C=O) groups is 1. The van der Waals surface area contributed by atoms with Crippen LogP contribution in [0.25, 0.3) is 0 Å². The minimum atomic E-state index is -0.661. The van der Waals surface area contributed by atoms with Gasteiger partial charge in [-0.15, -0.1) is 0 Å².